The van der Waals surface area contributed by atoms with E-state index in [0.717, 1.165) is 43.0 Å². The molecular formula is C18H32N2O. The number of hydrogen-bond acceptors (Lipinski definition) is 3. The summed E-state index contributed by atoms with van der Waals surface area (Å²) in [5.41, 5.74) is 1.36. The standard InChI is InChI=1S/C18H32N2O/c1-13(2)9-19-10-18-8-17(15(5)21-18)12-20-7-6-16(11-20)14(3)4/h8,13-14,16,19H,6-7,9-12H2,1-5H3. The summed E-state index contributed by atoms with van der Waals surface area (Å²) in [7, 11) is 0. The molecule has 1 aromatic heterocycles. The normalized spacial score (nSPS) is 20.0. The van der Waals surface area contributed by atoms with Gasteiger partial charge in [0.15, 0.2) is 0 Å². The number of nitrogens with one attached hydrogen (secondary N) is 1. The first kappa shape index (κ1) is 16.6. The highest BCUT2D eigenvalue weighted by molar-refractivity contribution is 5.21. The van der Waals surface area contributed by atoms with E-state index in [9.17, 15) is 0 Å². The lowest BCUT2D eigenvalue weighted by atomic mass is 9.95. The topological polar surface area (TPSA) is 28.4 Å². The minimum atomic E-state index is 0.679. The maximum Gasteiger partial charge on any atom is 0.118 e. The third-order valence-corrected chi connectivity index (χ3v) is 4.57. The van der Waals surface area contributed by atoms with E-state index in [4.69, 9.17) is 4.42 Å². The molecule has 0 saturated carbocycles. The van der Waals surface area contributed by atoms with E-state index in [-0.39, 0.29) is 0 Å². The summed E-state index contributed by atoms with van der Waals surface area (Å²) < 4.78 is 5.89. The monoisotopic (exact) mass is 292 g/mol. The lowest BCUT2D eigenvalue weighted by Gasteiger charge is -2.17. The van der Waals surface area contributed by atoms with Crippen LogP contribution in [0.25, 0.3) is 0 Å². The molecule has 2 heterocycles. The molecule has 1 aliphatic rings. The lowest BCUT2D eigenvalue weighted by Crippen LogP contribution is -2.21. The molecule has 1 unspecified atom stereocenters. The quantitative estimate of drug-likeness (QED) is 0.828. The molecule has 0 spiro atoms. The van der Waals surface area contributed by atoms with Crippen LogP contribution in [0, 0.1) is 24.7 Å². The molecule has 1 aromatic rings. The van der Waals surface area contributed by atoms with E-state index in [1.807, 2.05) is 0 Å². The van der Waals surface area contributed by atoms with Crippen LogP contribution in [0.1, 0.15) is 51.2 Å². The zero-order valence-corrected chi connectivity index (χ0v) is 14.4. The first-order valence-electron chi connectivity index (χ1n) is 8.47. The number of aryl methyl sites for hydroxylation is 1. The van der Waals surface area contributed by atoms with Crippen molar-refractivity contribution < 1.29 is 4.42 Å². The predicted octanol–water partition coefficient (Wildman–Crippen LogP) is 3.81. The molecule has 1 atom stereocenters. The van der Waals surface area contributed by atoms with Crippen molar-refractivity contribution in [1.29, 1.82) is 0 Å². The smallest absolute Gasteiger partial charge is 0.118 e. The van der Waals surface area contributed by atoms with Crippen LogP contribution in [0.4, 0.5) is 0 Å². The molecule has 120 valence electrons. The van der Waals surface area contributed by atoms with Crippen LogP contribution in [-0.4, -0.2) is 24.5 Å². The summed E-state index contributed by atoms with van der Waals surface area (Å²) in [4.78, 5) is 2.58. The predicted molar refractivity (Wildman–Crippen MR) is 88.2 cm³/mol. The van der Waals surface area contributed by atoms with Gasteiger partial charge in [-0.2, -0.15) is 0 Å². The van der Waals surface area contributed by atoms with Crippen molar-refractivity contribution in [3.05, 3.63) is 23.2 Å². The molecule has 1 fully saturated rings. The number of likely N-dealkylation sites (tertiary alicyclic amines) is 1. The second-order valence-electron chi connectivity index (χ2n) is 7.35. The third kappa shape index (κ3) is 4.86. The van der Waals surface area contributed by atoms with E-state index < -0.39 is 0 Å². The van der Waals surface area contributed by atoms with Gasteiger partial charge < -0.3 is 9.73 Å². The highest BCUT2D eigenvalue weighted by Crippen LogP contribution is 2.26. The van der Waals surface area contributed by atoms with Gasteiger partial charge in [-0.05, 0) is 50.3 Å². The largest absolute Gasteiger partial charge is 0.465 e. The van der Waals surface area contributed by atoms with E-state index in [0.29, 0.717) is 5.92 Å². The van der Waals surface area contributed by atoms with E-state index in [2.05, 4.69) is 50.9 Å². The molecule has 2 rings (SSSR count). The van der Waals surface area contributed by atoms with E-state index in [1.54, 1.807) is 0 Å². The molecule has 21 heavy (non-hydrogen) atoms. The van der Waals surface area contributed by atoms with Crippen molar-refractivity contribution >= 4 is 0 Å². The van der Waals surface area contributed by atoms with Gasteiger partial charge >= 0.3 is 0 Å². The molecule has 1 aliphatic heterocycles. The fourth-order valence-corrected chi connectivity index (χ4v) is 3.11. The van der Waals surface area contributed by atoms with Crippen LogP contribution in [0.15, 0.2) is 10.5 Å². The summed E-state index contributed by atoms with van der Waals surface area (Å²) in [6, 6.07) is 2.24. The Morgan fingerprint density at radius 1 is 1.33 bits per heavy atom. The molecular weight excluding hydrogens is 260 g/mol. The Balaban J connectivity index is 1.85. The summed E-state index contributed by atoms with van der Waals surface area (Å²) in [5.74, 6) is 4.51. The Labute approximate surface area is 130 Å². The summed E-state index contributed by atoms with van der Waals surface area (Å²) >= 11 is 0. The van der Waals surface area contributed by atoms with Gasteiger partial charge in [-0.3, -0.25) is 4.90 Å². The van der Waals surface area contributed by atoms with Gasteiger partial charge in [-0.1, -0.05) is 27.7 Å². The zero-order chi connectivity index (χ0) is 15.4. The second kappa shape index (κ2) is 7.46. The van der Waals surface area contributed by atoms with Crippen LogP contribution in [0.2, 0.25) is 0 Å². The molecule has 3 heteroatoms. The van der Waals surface area contributed by atoms with Crippen LogP contribution < -0.4 is 5.32 Å². The van der Waals surface area contributed by atoms with Crippen molar-refractivity contribution in [1.82, 2.24) is 10.2 Å². The maximum absolute atomic E-state index is 5.89. The van der Waals surface area contributed by atoms with Crippen LogP contribution in [0.3, 0.4) is 0 Å². The van der Waals surface area contributed by atoms with E-state index >= 15 is 0 Å². The molecule has 0 aliphatic carbocycles. The van der Waals surface area contributed by atoms with Crippen molar-refractivity contribution in [2.24, 2.45) is 17.8 Å². The molecule has 0 radical (unpaired) electrons. The van der Waals surface area contributed by atoms with Crippen LogP contribution >= 0.6 is 0 Å². The van der Waals surface area contributed by atoms with Crippen molar-refractivity contribution in [2.75, 3.05) is 19.6 Å². The number of nitrogens with zero attached hydrogens (tertiary/aromatic N) is 1. The van der Waals surface area contributed by atoms with Crippen molar-refractivity contribution in [3.63, 3.8) is 0 Å². The fourth-order valence-electron chi connectivity index (χ4n) is 3.11. The average molecular weight is 292 g/mol. The van der Waals surface area contributed by atoms with E-state index in [1.165, 1.54) is 25.1 Å². The highest BCUT2D eigenvalue weighted by Gasteiger charge is 2.25. The molecule has 3 nitrogen and oxygen atoms in total. The minimum absolute atomic E-state index is 0.679. The molecule has 1 N–H and O–H groups in total. The molecule has 0 aromatic carbocycles. The first-order chi connectivity index (χ1) is 9.95. The number of furan rings is 1. The average Bonchev–Trinajstić information content (AvgIpc) is 2.98. The number of hydrogen-bond donors (Lipinski definition) is 1. The van der Waals surface area contributed by atoms with Gasteiger partial charge in [0.05, 0.1) is 6.54 Å². The lowest BCUT2D eigenvalue weighted by molar-refractivity contribution is 0.295. The highest BCUT2D eigenvalue weighted by atomic mass is 16.3. The molecule has 0 bridgehead atoms. The SMILES string of the molecule is Cc1oc(CNCC(C)C)cc1CN1CCC(C(C)C)C1. The number of rotatable bonds is 7. The van der Waals surface area contributed by atoms with Gasteiger partial charge in [0.2, 0.25) is 0 Å². The Bertz CT molecular complexity index is 436. The summed E-state index contributed by atoms with van der Waals surface area (Å²) in [5, 5.41) is 3.45. The minimum Gasteiger partial charge on any atom is -0.465 e. The zero-order valence-electron chi connectivity index (χ0n) is 14.4. The van der Waals surface area contributed by atoms with Gasteiger partial charge in [0, 0.05) is 18.7 Å². The van der Waals surface area contributed by atoms with Crippen molar-refractivity contribution in [2.45, 2.75) is 54.1 Å². The van der Waals surface area contributed by atoms with Crippen LogP contribution in [0.5, 0.6) is 0 Å². The Kier molecular flexibility index (Phi) is 5.88. The van der Waals surface area contributed by atoms with Gasteiger partial charge in [0.25, 0.3) is 0 Å². The van der Waals surface area contributed by atoms with Gasteiger partial charge in [-0.25, -0.2) is 0 Å². The third-order valence-electron chi connectivity index (χ3n) is 4.57. The summed E-state index contributed by atoms with van der Waals surface area (Å²) in [6.45, 7) is 16.6. The fraction of sp³-hybridized carbons (Fsp3) is 0.778. The Morgan fingerprint density at radius 2 is 2.10 bits per heavy atom. The van der Waals surface area contributed by atoms with Gasteiger partial charge in [0.1, 0.15) is 11.5 Å². The second-order valence-corrected chi connectivity index (χ2v) is 7.35. The first-order valence-corrected chi connectivity index (χ1v) is 8.47. The molecule has 1 saturated heterocycles. The summed E-state index contributed by atoms with van der Waals surface area (Å²) in [6.07, 6.45) is 1.34. The van der Waals surface area contributed by atoms with Crippen molar-refractivity contribution in [3.8, 4) is 0 Å². The Morgan fingerprint density at radius 3 is 2.71 bits per heavy atom. The molecule has 0 amide bonds. The maximum atomic E-state index is 5.89. The van der Waals surface area contributed by atoms with Crippen LogP contribution in [-0.2, 0) is 13.1 Å². The Hall–Kier alpha value is -0.800. The van der Waals surface area contributed by atoms with Gasteiger partial charge in [-0.15, -0.1) is 0 Å².